The van der Waals surface area contributed by atoms with Gasteiger partial charge in [0.25, 0.3) is 0 Å². The lowest BCUT2D eigenvalue weighted by molar-refractivity contribution is 0.632. The average Bonchev–Trinajstić information content (AvgIpc) is 2.55. The van der Waals surface area contributed by atoms with Crippen molar-refractivity contribution in [1.29, 1.82) is 0 Å². The minimum absolute atomic E-state index is 0.793. The number of hydrogen-bond acceptors (Lipinski definition) is 7. The van der Waals surface area contributed by atoms with E-state index in [0.29, 0.717) is 0 Å². The number of aromatic nitrogens is 4. The maximum atomic E-state index is 4.60. The zero-order valence-electron chi connectivity index (χ0n) is 13.3. The minimum atomic E-state index is 0.793. The predicted octanol–water partition coefficient (Wildman–Crippen LogP) is 0.968. The number of anilines is 3. The van der Waals surface area contributed by atoms with Crippen LogP contribution in [-0.4, -0.2) is 60.2 Å². The maximum absolute atomic E-state index is 4.60. The fourth-order valence-corrected chi connectivity index (χ4v) is 2.48. The number of rotatable bonds is 3. The molecule has 0 spiro atoms. The third-order valence-corrected chi connectivity index (χ3v) is 3.72. The molecule has 7 heteroatoms. The average molecular weight is 299 g/mol. The van der Waals surface area contributed by atoms with E-state index in [1.807, 2.05) is 44.4 Å². The summed E-state index contributed by atoms with van der Waals surface area (Å²) in [4.78, 5) is 24.2. The molecule has 0 saturated carbocycles. The molecule has 3 rings (SSSR count). The minimum Gasteiger partial charge on any atom is -0.363 e. The van der Waals surface area contributed by atoms with Crippen LogP contribution in [0.4, 0.5) is 17.6 Å². The first-order valence-electron chi connectivity index (χ1n) is 7.42. The normalized spacial score (nSPS) is 15.0. The molecule has 1 aliphatic rings. The molecule has 1 aliphatic heterocycles. The molecule has 0 radical (unpaired) electrons. The summed E-state index contributed by atoms with van der Waals surface area (Å²) in [6, 6.07) is 1.92. The van der Waals surface area contributed by atoms with Crippen LogP contribution in [0.15, 0.2) is 24.7 Å². The van der Waals surface area contributed by atoms with Crippen LogP contribution in [0.2, 0.25) is 0 Å². The summed E-state index contributed by atoms with van der Waals surface area (Å²) in [5.74, 6) is 2.67. The van der Waals surface area contributed by atoms with Crippen molar-refractivity contribution in [3.05, 3.63) is 30.4 Å². The number of hydrogen-bond donors (Lipinski definition) is 0. The Morgan fingerprint density at radius 2 is 1.73 bits per heavy atom. The molecule has 1 fully saturated rings. The fraction of sp³-hybridized carbons (Fsp3) is 0.467. The van der Waals surface area contributed by atoms with Crippen molar-refractivity contribution in [1.82, 2.24) is 19.9 Å². The van der Waals surface area contributed by atoms with Crippen molar-refractivity contribution in [2.75, 3.05) is 55.0 Å². The molecule has 0 aromatic carbocycles. The smallest absolute Gasteiger partial charge is 0.227 e. The lowest BCUT2D eigenvalue weighted by Crippen LogP contribution is -2.47. The molecule has 0 bridgehead atoms. The number of aryl methyl sites for hydroxylation is 1. The van der Waals surface area contributed by atoms with Gasteiger partial charge in [0, 0.05) is 52.7 Å². The van der Waals surface area contributed by atoms with E-state index < -0.39 is 0 Å². The van der Waals surface area contributed by atoms with E-state index in [1.165, 1.54) is 0 Å². The molecule has 2 aromatic rings. The monoisotopic (exact) mass is 299 g/mol. The lowest BCUT2D eigenvalue weighted by Gasteiger charge is -2.35. The van der Waals surface area contributed by atoms with Gasteiger partial charge in [-0.25, -0.2) is 9.97 Å². The molecule has 0 amide bonds. The molecule has 0 aliphatic carbocycles. The third-order valence-electron chi connectivity index (χ3n) is 3.72. The zero-order valence-corrected chi connectivity index (χ0v) is 13.3. The summed E-state index contributed by atoms with van der Waals surface area (Å²) in [6.07, 6.45) is 5.42. The van der Waals surface area contributed by atoms with Crippen molar-refractivity contribution in [2.45, 2.75) is 6.92 Å². The zero-order chi connectivity index (χ0) is 15.5. The van der Waals surface area contributed by atoms with Crippen LogP contribution in [0.5, 0.6) is 0 Å². The third kappa shape index (κ3) is 3.08. The van der Waals surface area contributed by atoms with Gasteiger partial charge < -0.3 is 14.7 Å². The van der Waals surface area contributed by atoms with Crippen molar-refractivity contribution in [3.63, 3.8) is 0 Å². The van der Waals surface area contributed by atoms with E-state index in [-0.39, 0.29) is 0 Å². The van der Waals surface area contributed by atoms with E-state index in [4.69, 9.17) is 0 Å². The van der Waals surface area contributed by atoms with Crippen LogP contribution in [0.25, 0.3) is 0 Å². The van der Waals surface area contributed by atoms with Crippen LogP contribution < -0.4 is 14.7 Å². The van der Waals surface area contributed by atoms with Crippen molar-refractivity contribution in [2.24, 2.45) is 0 Å². The van der Waals surface area contributed by atoms with Crippen molar-refractivity contribution >= 4 is 17.6 Å². The highest BCUT2D eigenvalue weighted by atomic mass is 15.3. The SMILES string of the molecule is Cc1cncc(N2CCN(c3nccc(N(C)C)n3)CC2)n1. The maximum Gasteiger partial charge on any atom is 0.227 e. The largest absolute Gasteiger partial charge is 0.363 e. The van der Waals surface area contributed by atoms with Gasteiger partial charge in [-0.2, -0.15) is 4.98 Å². The molecular formula is C15H21N7. The first-order valence-corrected chi connectivity index (χ1v) is 7.42. The van der Waals surface area contributed by atoms with Crippen LogP contribution in [-0.2, 0) is 0 Å². The molecule has 22 heavy (non-hydrogen) atoms. The van der Waals surface area contributed by atoms with Crippen LogP contribution in [0.3, 0.4) is 0 Å². The Hall–Kier alpha value is -2.44. The lowest BCUT2D eigenvalue weighted by atomic mass is 10.3. The fourth-order valence-electron chi connectivity index (χ4n) is 2.48. The van der Waals surface area contributed by atoms with Gasteiger partial charge in [-0.3, -0.25) is 4.98 Å². The van der Waals surface area contributed by atoms with Crippen LogP contribution in [0, 0.1) is 6.92 Å². The highest BCUT2D eigenvalue weighted by Gasteiger charge is 2.20. The van der Waals surface area contributed by atoms with Crippen molar-refractivity contribution < 1.29 is 0 Å². The molecular weight excluding hydrogens is 278 g/mol. The topological polar surface area (TPSA) is 61.3 Å². The molecule has 2 aromatic heterocycles. The van der Waals surface area contributed by atoms with E-state index in [9.17, 15) is 0 Å². The van der Waals surface area contributed by atoms with E-state index in [2.05, 4.69) is 29.7 Å². The summed E-state index contributed by atoms with van der Waals surface area (Å²) in [5.41, 5.74) is 0.946. The Morgan fingerprint density at radius 1 is 1.00 bits per heavy atom. The molecule has 3 heterocycles. The number of piperazine rings is 1. The predicted molar refractivity (Wildman–Crippen MR) is 87.6 cm³/mol. The molecule has 0 atom stereocenters. The van der Waals surface area contributed by atoms with Gasteiger partial charge in [0.05, 0.1) is 11.9 Å². The second-order valence-corrected chi connectivity index (χ2v) is 5.60. The highest BCUT2D eigenvalue weighted by molar-refractivity contribution is 5.45. The van der Waals surface area contributed by atoms with Gasteiger partial charge in [-0.1, -0.05) is 0 Å². The molecule has 7 nitrogen and oxygen atoms in total. The Balaban J connectivity index is 1.68. The van der Waals surface area contributed by atoms with Crippen LogP contribution in [0.1, 0.15) is 5.69 Å². The highest BCUT2D eigenvalue weighted by Crippen LogP contribution is 2.17. The first-order chi connectivity index (χ1) is 10.6. The summed E-state index contributed by atoms with van der Waals surface area (Å²) in [6.45, 7) is 5.52. The van der Waals surface area contributed by atoms with Gasteiger partial charge in [-0.15, -0.1) is 0 Å². The van der Waals surface area contributed by atoms with E-state index >= 15 is 0 Å². The Labute approximate surface area is 130 Å². The molecule has 0 N–H and O–H groups in total. The molecule has 116 valence electrons. The van der Waals surface area contributed by atoms with E-state index in [0.717, 1.165) is 49.5 Å². The summed E-state index contributed by atoms with van der Waals surface area (Å²) in [5, 5.41) is 0. The second-order valence-electron chi connectivity index (χ2n) is 5.60. The Morgan fingerprint density at radius 3 is 2.41 bits per heavy atom. The Bertz CT molecular complexity index is 635. The van der Waals surface area contributed by atoms with Crippen LogP contribution >= 0.6 is 0 Å². The summed E-state index contributed by atoms with van der Waals surface area (Å²) < 4.78 is 0. The number of nitrogens with zero attached hydrogens (tertiary/aromatic N) is 7. The van der Waals surface area contributed by atoms with Gasteiger partial charge in [-0.05, 0) is 13.0 Å². The van der Waals surface area contributed by atoms with E-state index in [1.54, 1.807) is 6.20 Å². The Kier molecular flexibility index (Phi) is 4.04. The summed E-state index contributed by atoms with van der Waals surface area (Å²) in [7, 11) is 3.97. The standard InChI is InChI=1S/C15H21N7/c1-12-10-16-11-14(18-12)21-6-8-22(9-7-21)15-17-5-4-13(19-15)20(2)3/h4-5,10-11H,6-9H2,1-3H3. The van der Waals surface area contributed by atoms with Gasteiger partial charge in [0.1, 0.15) is 11.6 Å². The van der Waals surface area contributed by atoms with Crippen molar-refractivity contribution in [3.8, 4) is 0 Å². The first kappa shape index (κ1) is 14.5. The molecule has 1 saturated heterocycles. The summed E-state index contributed by atoms with van der Waals surface area (Å²) >= 11 is 0. The van der Waals surface area contributed by atoms with Gasteiger partial charge >= 0.3 is 0 Å². The van der Waals surface area contributed by atoms with Gasteiger partial charge in [0.2, 0.25) is 5.95 Å². The molecule has 0 unspecified atom stereocenters. The van der Waals surface area contributed by atoms with Gasteiger partial charge in [0.15, 0.2) is 0 Å². The second kappa shape index (κ2) is 6.13. The quantitative estimate of drug-likeness (QED) is 0.836.